The van der Waals surface area contributed by atoms with E-state index in [4.69, 9.17) is 4.74 Å². The minimum Gasteiger partial charge on any atom is -1.00 e. The van der Waals surface area contributed by atoms with Crippen LogP contribution in [0.1, 0.15) is 21.8 Å². The molecule has 0 aromatic heterocycles. The summed E-state index contributed by atoms with van der Waals surface area (Å²) in [4.78, 5) is 12.3. The molecule has 0 saturated heterocycles. The molecule has 0 saturated carbocycles. The van der Waals surface area contributed by atoms with Crippen molar-refractivity contribution in [3.63, 3.8) is 0 Å². The van der Waals surface area contributed by atoms with Gasteiger partial charge in [-0.05, 0) is 42.5 Å². The Kier molecular flexibility index (Phi) is 5.73. The van der Waals surface area contributed by atoms with Crippen molar-refractivity contribution in [1.29, 1.82) is 0 Å². The Morgan fingerprint density at radius 1 is 0.840 bits per heavy atom. The topological polar surface area (TPSA) is 26.3 Å². The third kappa shape index (κ3) is 3.57. The number of fused-ring (bicyclic) bond motifs is 1. The van der Waals surface area contributed by atoms with Crippen LogP contribution in [0.3, 0.4) is 0 Å². The minimum atomic E-state index is -1.30. The Hall–Kier alpha value is -1.48. The van der Waals surface area contributed by atoms with Gasteiger partial charge in [-0.25, -0.2) is 4.79 Å². The smallest absolute Gasteiger partial charge is 0.342 e. The van der Waals surface area contributed by atoms with Crippen LogP contribution < -0.4 is 27.6 Å². The standard InChI is InChI=1S/C20H14BrO2P.BrH/c21-14-11-12-17-18(13-14)20(23-19(17)22)24(15-7-3-1-4-8-15)16-9-5-2-6-10-16;/h1-13,20H;1H. The molecule has 1 atom stereocenters. The zero-order valence-electron chi connectivity index (χ0n) is 13.2. The predicted octanol–water partition coefficient (Wildman–Crippen LogP) is 1.49. The molecule has 1 aliphatic rings. The minimum absolute atomic E-state index is 0. The van der Waals surface area contributed by atoms with Gasteiger partial charge in [-0.2, -0.15) is 0 Å². The average Bonchev–Trinajstić information content (AvgIpc) is 2.93. The van der Waals surface area contributed by atoms with Crippen molar-refractivity contribution >= 4 is 40.4 Å². The van der Waals surface area contributed by atoms with Crippen LogP contribution in [0.5, 0.6) is 0 Å². The fraction of sp³-hybridized carbons (Fsp3) is 0.0500. The summed E-state index contributed by atoms with van der Waals surface area (Å²) in [5, 5.41) is 2.47. The second-order valence-electron chi connectivity index (χ2n) is 5.66. The normalized spacial score (nSPS) is 15.4. The number of hydrogen-bond acceptors (Lipinski definition) is 2. The first-order chi connectivity index (χ1) is 11.7. The fourth-order valence-corrected chi connectivity index (χ4v) is 6.29. The van der Waals surface area contributed by atoms with Gasteiger partial charge in [-0.15, -0.1) is 0 Å². The Balaban J connectivity index is 0.00000182. The zero-order valence-corrected chi connectivity index (χ0v) is 17.3. The van der Waals surface area contributed by atoms with Gasteiger partial charge in [0.05, 0.1) is 5.56 Å². The number of cyclic esters (lactones) is 1. The van der Waals surface area contributed by atoms with E-state index >= 15 is 0 Å². The van der Waals surface area contributed by atoms with Crippen LogP contribution in [0.25, 0.3) is 0 Å². The molecule has 126 valence electrons. The molecule has 0 bridgehead atoms. The van der Waals surface area contributed by atoms with Crippen LogP contribution in [-0.4, -0.2) is 5.97 Å². The molecule has 0 N–H and O–H groups in total. The number of hydrogen-bond donors (Lipinski definition) is 0. The first-order valence-electron chi connectivity index (χ1n) is 7.72. The maximum atomic E-state index is 12.3. The van der Waals surface area contributed by atoms with Crippen molar-refractivity contribution in [2.75, 3.05) is 0 Å². The van der Waals surface area contributed by atoms with E-state index in [9.17, 15) is 4.79 Å². The molecule has 1 aliphatic heterocycles. The van der Waals surface area contributed by atoms with Crippen LogP contribution in [-0.2, 0) is 4.74 Å². The van der Waals surface area contributed by atoms with Gasteiger partial charge >= 0.3 is 5.97 Å². The van der Waals surface area contributed by atoms with Gasteiger partial charge in [0.15, 0.2) is 0 Å². The number of carbonyl (C=O) groups is 1. The van der Waals surface area contributed by atoms with Gasteiger partial charge < -0.3 is 21.7 Å². The highest BCUT2D eigenvalue weighted by Gasteiger charge is 2.44. The molecule has 0 amide bonds. The van der Waals surface area contributed by atoms with E-state index in [0.29, 0.717) is 5.56 Å². The lowest BCUT2D eigenvalue weighted by Crippen LogP contribution is -3.00. The van der Waals surface area contributed by atoms with E-state index in [1.54, 1.807) is 0 Å². The van der Waals surface area contributed by atoms with Crippen molar-refractivity contribution in [2.45, 2.75) is 5.85 Å². The molecular weight excluding hydrogens is 463 g/mol. The lowest BCUT2D eigenvalue weighted by Gasteiger charge is -2.17. The molecule has 5 heteroatoms. The van der Waals surface area contributed by atoms with Crippen LogP contribution in [0, 0.1) is 0 Å². The maximum absolute atomic E-state index is 12.3. The number of halogens is 2. The van der Waals surface area contributed by atoms with E-state index in [-0.39, 0.29) is 28.8 Å². The Morgan fingerprint density at radius 3 is 1.96 bits per heavy atom. The highest BCUT2D eigenvalue weighted by Crippen LogP contribution is 2.54. The number of rotatable bonds is 3. The molecule has 0 aliphatic carbocycles. The molecule has 3 aromatic carbocycles. The number of benzene rings is 3. The number of carbonyl (C=O) groups excluding carboxylic acids is 1. The summed E-state index contributed by atoms with van der Waals surface area (Å²) < 4.78 is 6.81. The largest absolute Gasteiger partial charge is 1.00 e. The average molecular weight is 478 g/mol. The molecule has 1 unspecified atom stereocenters. The summed E-state index contributed by atoms with van der Waals surface area (Å²) in [6, 6.07) is 26.5. The Bertz CT molecular complexity index is 845. The molecule has 25 heavy (non-hydrogen) atoms. The summed E-state index contributed by atoms with van der Waals surface area (Å²) in [5.74, 6) is -0.448. The van der Waals surface area contributed by atoms with Crippen molar-refractivity contribution in [3.05, 3.63) is 94.5 Å². The second-order valence-corrected chi connectivity index (χ2v) is 9.08. The zero-order chi connectivity index (χ0) is 16.5. The van der Waals surface area contributed by atoms with E-state index < -0.39 is 7.92 Å². The summed E-state index contributed by atoms with van der Waals surface area (Å²) in [7, 11) is -1.30. The van der Waals surface area contributed by atoms with Gasteiger partial charge in [0, 0.05) is 10.0 Å². The maximum Gasteiger partial charge on any atom is 0.342 e. The van der Waals surface area contributed by atoms with Crippen molar-refractivity contribution in [3.8, 4) is 0 Å². The third-order valence-electron chi connectivity index (χ3n) is 4.17. The van der Waals surface area contributed by atoms with Gasteiger partial charge in [0.1, 0.15) is 18.5 Å². The van der Waals surface area contributed by atoms with Crippen LogP contribution >= 0.6 is 23.9 Å². The van der Waals surface area contributed by atoms with E-state index in [1.165, 1.54) is 10.6 Å². The van der Waals surface area contributed by atoms with E-state index in [1.807, 2.05) is 54.6 Å². The van der Waals surface area contributed by atoms with Gasteiger partial charge in [-0.3, -0.25) is 0 Å². The lowest BCUT2D eigenvalue weighted by atomic mass is 10.1. The molecule has 0 spiro atoms. The van der Waals surface area contributed by atoms with E-state index in [2.05, 4.69) is 40.2 Å². The summed E-state index contributed by atoms with van der Waals surface area (Å²) >= 11 is 3.52. The molecular formula is C20H15Br2O2P. The van der Waals surface area contributed by atoms with Gasteiger partial charge in [0.2, 0.25) is 5.85 Å². The SMILES string of the molecule is O=C1OC([PH+](c2ccccc2)c2ccccc2)c2cc(Br)ccc21.[Br-]. The highest BCUT2D eigenvalue weighted by molar-refractivity contribution is 9.10. The molecule has 0 fully saturated rings. The third-order valence-corrected chi connectivity index (χ3v) is 7.53. The highest BCUT2D eigenvalue weighted by atomic mass is 79.9. The quantitative estimate of drug-likeness (QED) is 0.422. The van der Waals surface area contributed by atoms with Crippen molar-refractivity contribution in [2.24, 2.45) is 0 Å². The number of esters is 1. The lowest BCUT2D eigenvalue weighted by molar-refractivity contribution is -0.0000221. The fourth-order valence-electron chi connectivity index (χ4n) is 3.09. The molecule has 3 aromatic rings. The number of ether oxygens (including phenoxy) is 1. The molecule has 2 nitrogen and oxygen atoms in total. The van der Waals surface area contributed by atoms with Crippen LogP contribution in [0.4, 0.5) is 0 Å². The van der Waals surface area contributed by atoms with Crippen molar-refractivity contribution in [1.82, 2.24) is 0 Å². The second kappa shape index (κ2) is 7.82. The Morgan fingerprint density at radius 2 is 1.40 bits per heavy atom. The molecule has 4 rings (SSSR count). The predicted molar refractivity (Wildman–Crippen MR) is 103 cm³/mol. The van der Waals surface area contributed by atoms with E-state index in [0.717, 1.165) is 10.0 Å². The summed E-state index contributed by atoms with van der Waals surface area (Å²) in [5.41, 5.74) is 1.66. The summed E-state index contributed by atoms with van der Waals surface area (Å²) in [6.07, 6.45) is 0. The first-order valence-corrected chi connectivity index (χ1v) is 10.1. The van der Waals surface area contributed by atoms with Crippen LogP contribution in [0.15, 0.2) is 83.3 Å². The summed E-state index contributed by atoms with van der Waals surface area (Å²) in [6.45, 7) is 0. The van der Waals surface area contributed by atoms with Crippen LogP contribution in [0.2, 0.25) is 0 Å². The van der Waals surface area contributed by atoms with Crippen molar-refractivity contribution < 1.29 is 26.5 Å². The first kappa shape index (κ1) is 18.3. The van der Waals surface area contributed by atoms with Gasteiger partial charge in [-0.1, -0.05) is 52.3 Å². The van der Waals surface area contributed by atoms with Gasteiger partial charge in [0.25, 0.3) is 0 Å². The Labute approximate surface area is 166 Å². The monoisotopic (exact) mass is 476 g/mol. The molecule has 0 radical (unpaired) electrons. The molecule has 1 heterocycles.